The van der Waals surface area contributed by atoms with Gasteiger partial charge in [0.15, 0.2) is 0 Å². The number of carbonyl (C=O) groups is 1. The first kappa shape index (κ1) is 15.5. The second-order valence-corrected chi connectivity index (χ2v) is 5.99. The van der Waals surface area contributed by atoms with Crippen LogP contribution in [0.5, 0.6) is 5.75 Å². The first-order valence-corrected chi connectivity index (χ1v) is 7.68. The predicted molar refractivity (Wildman–Crippen MR) is 86.4 cm³/mol. The van der Waals surface area contributed by atoms with Crippen LogP contribution in [0.2, 0.25) is 0 Å². The number of rotatable bonds is 4. The van der Waals surface area contributed by atoms with E-state index in [1.54, 1.807) is 23.4 Å². The lowest BCUT2D eigenvalue weighted by Gasteiger charge is -2.24. The van der Waals surface area contributed by atoms with E-state index in [0.29, 0.717) is 18.5 Å². The van der Waals surface area contributed by atoms with Gasteiger partial charge in [0, 0.05) is 24.5 Å². The Kier molecular flexibility index (Phi) is 4.30. The molecule has 0 aliphatic carbocycles. The largest absolute Gasteiger partial charge is 0.491 e. The van der Waals surface area contributed by atoms with E-state index < -0.39 is 5.60 Å². The van der Waals surface area contributed by atoms with Gasteiger partial charge in [0.1, 0.15) is 18.0 Å². The second-order valence-electron chi connectivity index (χ2n) is 5.99. The van der Waals surface area contributed by atoms with Crippen LogP contribution in [0.1, 0.15) is 22.3 Å². The molecular formula is C18H20N2O3. The van der Waals surface area contributed by atoms with Gasteiger partial charge in [0.2, 0.25) is 0 Å². The van der Waals surface area contributed by atoms with Crippen molar-refractivity contribution in [2.45, 2.75) is 18.9 Å². The fourth-order valence-electron chi connectivity index (χ4n) is 2.77. The Hall–Kier alpha value is -2.40. The number of likely N-dealkylation sites (tertiary alicyclic amines) is 1. The molecule has 0 bridgehead atoms. The standard InChI is InChI=1S/C18H20N2O3/c1-14-11-19-9-7-16(14)17(21)20-10-8-18(22,12-20)13-23-15-5-3-2-4-6-15/h2-7,9,11,22H,8,10,12-13H2,1H3/t18-/m1/s1. The highest BCUT2D eigenvalue weighted by atomic mass is 16.5. The van der Waals surface area contributed by atoms with Crippen molar-refractivity contribution in [2.75, 3.05) is 19.7 Å². The molecule has 23 heavy (non-hydrogen) atoms. The van der Waals surface area contributed by atoms with Crippen LogP contribution in [-0.2, 0) is 0 Å². The van der Waals surface area contributed by atoms with Crippen molar-refractivity contribution in [1.29, 1.82) is 0 Å². The Morgan fingerprint density at radius 2 is 2.13 bits per heavy atom. The highest BCUT2D eigenvalue weighted by molar-refractivity contribution is 5.95. The molecule has 1 N–H and O–H groups in total. The molecule has 5 heteroatoms. The van der Waals surface area contributed by atoms with Crippen molar-refractivity contribution in [1.82, 2.24) is 9.88 Å². The van der Waals surface area contributed by atoms with E-state index >= 15 is 0 Å². The van der Waals surface area contributed by atoms with Crippen LogP contribution in [-0.4, -0.2) is 46.2 Å². The summed E-state index contributed by atoms with van der Waals surface area (Å²) in [6.45, 7) is 2.84. The third-order valence-electron chi connectivity index (χ3n) is 4.12. The molecule has 2 heterocycles. The molecule has 0 spiro atoms. The predicted octanol–water partition coefficient (Wildman–Crippen LogP) is 2.05. The highest BCUT2D eigenvalue weighted by Gasteiger charge is 2.39. The summed E-state index contributed by atoms with van der Waals surface area (Å²) in [5, 5.41) is 10.7. The van der Waals surface area contributed by atoms with Gasteiger partial charge >= 0.3 is 0 Å². The van der Waals surface area contributed by atoms with E-state index in [9.17, 15) is 9.90 Å². The summed E-state index contributed by atoms with van der Waals surface area (Å²) in [5.41, 5.74) is 0.466. The Bertz CT molecular complexity index is 690. The molecule has 0 saturated carbocycles. The number of pyridine rings is 1. The topological polar surface area (TPSA) is 62.7 Å². The molecule has 1 fully saturated rings. The Balaban J connectivity index is 1.63. The summed E-state index contributed by atoms with van der Waals surface area (Å²) in [6, 6.07) is 11.1. The van der Waals surface area contributed by atoms with Crippen LogP contribution in [0, 0.1) is 6.92 Å². The van der Waals surface area contributed by atoms with Gasteiger partial charge in [-0.3, -0.25) is 9.78 Å². The van der Waals surface area contributed by atoms with Crippen LogP contribution < -0.4 is 4.74 Å². The summed E-state index contributed by atoms with van der Waals surface area (Å²) in [6.07, 6.45) is 3.80. The molecule has 3 rings (SSSR count). The monoisotopic (exact) mass is 312 g/mol. The summed E-state index contributed by atoms with van der Waals surface area (Å²) in [4.78, 5) is 18.3. The van der Waals surface area contributed by atoms with E-state index in [4.69, 9.17) is 4.74 Å². The average molecular weight is 312 g/mol. The zero-order valence-electron chi connectivity index (χ0n) is 13.1. The number of benzene rings is 1. The Morgan fingerprint density at radius 3 is 2.87 bits per heavy atom. The molecule has 5 nitrogen and oxygen atoms in total. The number of hydrogen-bond acceptors (Lipinski definition) is 4. The molecule has 1 aliphatic rings. The number of aromatic nitrogens is 1. The molecule has 0 unspecified atom stereocenters. The average Bonchev–Trinajstić information content (AvgIpc) is 2.97. The number of aliphatic hydroxyl groups is 1. The molecule has 1 aliphatic heterocycles. The minimum Gasteiger partial charge on any atom is -0.491 e. The van der Waals surface area contributed by atoms with E-state index in [1.165, 1.54) is 0 Å². The Morgan fingerprint density at radius 1 is 1.35 bits per heavy atom. The number of hydrogen-bond donors (Lipinski definition) is 1. The Labute approximate surface area is 135 Å². The maximum Gasteiger partial charge on any atom is 0.254 e. The quantitative estimate of drug-likeness (QED) is 0.938. The van der Waals surface area contributed by atoms with Crippen molar-refractivity contribution in [3.63, 3.8) is 0 Å². The number of ether oxygens (including phenoxy) is 1. The lowest BCUT2D eigenvalue weighted by molar-refractivity contribution is 0.00430. The van der Waals surface area contributed by atoms with Crippen molar-refractivity contribution in [2.24, 2.45) is 0 Å². The minimum absolute atomic E-state index is 0.0689. The van der Waals surface area contributed by atoms with Crippen LogP contribution in [0.25, 0.3) is 0 Å². The van der Waals surface area contributed by atoms with Gasteiger partial charge < -0.3 is 14.7 Å². The van der Waals surface area contributed by atoms with E-state index in [2.05, 4.69) is 4.98 Å². The smallest absolute Gasteiger partial charge is 0.254 e. The number of aryl methyl sites for hydroxylation is 1. The molecule has 1 aromatic carbocycles. The number of β-amino-alcohol motifs (C(OH)–C–C–N with tert-alkyl or cyclic N) is 1. The summed E-state index contributed by atoms with van der Waals surface area (Å²) in [7, 11) is 0. The minimum atomic E-state index is -1.01. The first-order valence-electron chi connectivity index (χ1n) is 7.68. The van der Waals surface area contributed by atoms with Crippen LogP contribution in [0.3, 0.4) is 0 Å². The van der Waals surface area contributed by atoms with Crippen LogP contribution in [0.4, 0.5) is 0 Å². The van der Waals surface area contributed by atoms with Crippen LogP contribution >= 0.6 is 0 Å². The van der Waals surface area contributed by atoms with Crippen molar-refractivity contribution in [3.05, 3.63) is 59.9 Å². The van der Waals surface area contributed by atoms with Gasteiger partial charge in [-0.15, -0.1) is 0 Å². The van der Waals surface area contributed by atoms with Gasteiger partial charge in [0.05, 0.1) is 6.54 Å². The number of carbonyl (C=O) groups excluding carboxylic acids is 1. The lowest BCUT2D eigenvalue weighted by Crippen LogP contribution is -2.40. The molecule has 120 valence electrons. The van der Waals surface area contributed by atoms with Crippen molar-refractivity contribution in [3.8, 4) is 5.75 Å². The van der Waals surface area contributed by atoms with E-state index in [-0.39, 0.29) is 19.1 Å². The molecule has 0 radical (unpaired) electrons. The normalized spacial score (nSPS) is 20.5. The highest BCUT2D eigenvalue weighted by Crippen LogP contribution is 2.25. The number of para-hydroxylation sites is 1. The van der Waals surface area contributed by atoms with E-state index in [0.717, 1.165) is 11.3 Å². The molecular weight excluding hydrogens is 292 g/mol. The first-order chi connectivity index (χ1) is 11.1. The zero-order chi connectivity index (χ0) is 16.3. The third kappa shape index (κ3) is 3.51. The van der Waals surface area contributed by atoms with Gasteiger partial charge in [-0.2, -0.15) is 0 Å². The van der Waals surface area contributed by atoms with Gasteiger partial charge in [-0.25, -0.2) is 0 Å². The maximum absolute atomic E-state index is 12.6. The fraction of sp³-hybridized carbons (Fsp3) is 0.333. The maximum atomic E-state index is 12.6. The molecule has 2 aromatic rings. The van der Waals surface area contributed by atoms with Crippen molar-refractivity contribution >= 4 is 5.91 Å². The molecule has 1 amide bonds. The van der Waals surface area contributed by atoms with Crippen LogP contribution in [0.15, 0.2) is 48.8 Å². The molecule has 1 atom stereocenters. The van der Waals surface area contributed by atoms with Gasteiger partial charge in [-0.1, -0.05) is 18.2 Å². The summed E-state index contributed by atoms with van der Waals surface area (Å²) in [5.74, 6) is 0.649. The lowest BCUT2D eigenvalue weighted by atomic mass is 10.1. The molecule has 1 aromatic heterocycles. The van der Waals surface area contributed by atoms with E-state index in [1.807, 2.05) is 37.3 Å². The zero-order valence-corrected chi connectivity index (χ0v) is 13.1. The van der Waals surface area contributed by atoms with Crippen molar-refractivity contribution < 1.29 is 14.6 Å². The summed E-state index contributed by atoms with van der Waals surface area (Å²) < 4.78 is 5.65. The van der Waals surface area contributed by atoms with Gasteiger partial charge in [0.25, 0.3) is 5.91 Å². The third-order valence-corrected chi connectivity index (χ3v) is 4.12. The van der Waals surface area contributed by atoms with Gasteiger partial charge in [-0.05, 0) is 37.1 Å². The summed E-state index contributed by atoms with van der Waals surface area (Å²) >= 11 is 0. The SMILES string of the molecule is Cc1cnccc1C(=O)N1CC[C@](O)(COc2ccccc2)C1. The fourth-order valence-corrected chi connectivity index (χ4v) is 2.77. The number of amides is 1. The second kappa shape index (κ2) is 6.38. The number of nitrogens with zero attached hydrogens (tertiary/aromatic N) is 2. The molecule has 1 saturated heterocycles.